The van der Waals surface area contributed by atoms with Crippen LogP contribution in [0.25, 0.3) is 10.9 Å². The van der Waals surface area contributed by atoms with Crippen molar-refractivity contribution >= 4 is 28.5 Å². The van der Waals surface area contributed by atoms with Gasteiger partial charge < -0.3 is 14.8 Å². The number of hydrogen-bond acceptors (Lipinski definition) is 3. The van der Waals surface area contributed by atoms with E-state index in [1.165, 1.54) is 0 Å². The molecule has 1 N–H and O–H groups in total. The number of benzene rings is 2. The third-order valence-electron chi connectivity index (χ3n) is 5.65. The van der Waals surface area contributed by atoms with E-state index in [1.807, 2.05) is 66.4 Å². The second kappa shape index (κ2) is 8.53. The molecule has 1 atom stereocenters. The van der Waals surface area contributed by atoms with Crippen molar-refractivity contribution in [1.29, 1.82) is 0 Å². The molecule has 6 heteroatoms. The van der Waals surface area contributed by atoms with Gasteiger partial charge in [-0.2, -0.15) is 0 Å². The molecule has 1 aliphatic heterocycles. The second-order valence-corrected chi connectivity index (χ2v) is 7.71. The normalized spacial score (nSPS) is 14.6. The minimum absolute atomic E-state index is 0.0365. The number of para-hydroxylation sites is 1. The fourth-order valence-corrected chi connectivity index (χ4v) is 3.98. The van der Waals surface area contributed by atoms with Crippen molar-refractivity contribution < 1.29 is 14.4 Å². The molecule has 0 aliphatic carbocycles. The maximum absolute atomic E-state index is 13.0. The van der Waals surface area contributed by atoms with E-state index in [1.54, 1.807) is 10.8 Å². The maximum Gasteiger partial charge on any atom is 0.292 e. The van der Waals surface area contributed by atoms with Gasteiger partial charge in [-0.1, -0.05) is 48.5 Å². The molecule has 0 saturated carbocycles. The molecular formula is C24H25N3O3. The minimum Gasteiger partial charge on any atom is -0.343 e. The molecule has 154 valence electrons. The van der Waals surface area contributed by atoms with Gasteiger partial charge in [0, 0.05) is 30.2 Å². The zero-order chi connectivity index (χ0) is 21.1. The number of fused-ring (bicyclic) bond motifs is 1. The molecule has 2 aromatic carbocycles. The Hall–Kier alpha value is -3.41. The van der Waals surface area contributed by atoms with Crippen LogP contribution in [0.3, 0.4) is 0 Å². The number of rotatable bonds is 6. The molecule has 1 fully saturated rings. The van der Waals surface area contributed by atoms with Crippen LogP contribution in [0.5, 0.6) is 0 Å². The van der Waals surface area contributed by atoms with Crippen molar-refractivity contribution in [2.45, 2.75) is 32.4 Å². The van der Waals surface area contributed by atoms with E-state index in [-0.39, 0.29) is 18.5 Å². The summed E-state index contributed by atoms with van der Waals surface area (Å²) in [6.07, 6.45) is 3.69. The molecule has 4 rings (SSSR count). The van der Waals surface area contributed by atoms with Crippen LogP contribution in [0.2, 0.25) is 0 Å². The van der Waals surface area contributed by atoms with Gasteiger partial charge >= 0.3 is 0 Å². The number of amides is 2. The summed E-state index contributed by atoms with van der Waals surface area (Å²) in [5.74, 6) is -1.21. The zero-order valence-electron chi connectivity index (χ0n) is 17.0. The predicted octanol–water partition coefficient (Wildman–Crippen LogP) is 3.32. The molecule has 1 aromatic heterocycles. The van der Waals surface area contributed by atoms with Crippen LogP contribution < -0.4 is 5.32 Å². The number of ketones is 1. The van der Waals surface area contributed by atoms with Crippen LogP contribution in [0, 0.1) is 0 Å². The Balaban J connectivity index is 1.56. The van der Waals surface area contributed by atoms with Crippen LogP contribution >= 0.6 is 0 Å². The second-order valence-electron chi connectivity index (χ2n) is 7.71. The van der Waals surface area contributed by atoms with Gasteiger partial charge in [0.05, 0.1) is 11.6 Å². The van der Waals surface area contributed by atoms with E-state index in [0.717, 1.165) is 37.0 Å². The van der Waals surface area contributed by atoms with Gasteiger partial charge in [-0.15, -0.1) is 0 Å². The molecule has 0 radical (unpaired) electrons. The van der Waals surface area contributed by atoms with Gasteiger partial charge in [-0.25, -0.2) is 0 Å². The van der Waals surface area contributed by atoms with Crippen molar-refractivity contribution in [1.82, 2.24) is 14.8 Å². The summed E-state index contributed by atoms with van der Waals surface area (Å²) in [6, 6.07) is 16.6. The van der Waals surface area contributed by atoms with E-state index in [4.69, 9.17) is 0 Å². The number of hydrogen-bond donors (Lipinski definition) is 1. The molecule has 30 heavy (non-hydrogen) atoms. The van der Waals surface area contributed by atoms with E-state index >= 15 is 0 Å². The fourth-order valence-electron chi connectivity index (χ4n) is 3.98. The number of nitrogens with one attached hydrogen (secondary N) is 1. The first-order chi connectivity index (χ1) is 14.5. The summed E-state index contributed by atoms with van der Waals surface area (Å²) in [6.45, 7) is 3.57. The van der Waals surface area contributed by atoms with Crippen molar-refractivity contribution in [3.8, 4) is 0 Å². The van der Waals surface area contributed by atoms with Gasteiger partial charge in [0.25, 0.3) is 11.7 Å². The van der Waals surface area contributed by atoms with E-state index < -0.39 is 11.7 Å². The van der Waals surface area contributed by atoms with E-state index in [9.17, 15) is 14.4 Å². The molecule has 1 aliphatic rings. The first-order valence-corrected chi connectivity index (χ1v) is 10.3. The molecule has 0 spiro atoms. The highest BCUT2D eigenvalue weighted by atomic mass is 16.2. The Morgan fingerprint density at radius 1 is 0.967 bits per heavy atom. The number of carbonyl (C=O) groups is 3. The van der Waals surface area contributed by atoms with Crippen molar-refractivity contribution in [3.63, 3.8) is 0 Å². The quantitative estimate of drug-likeness (QED) is 0.507. The highest BCUT2D eigenvalue weighted by Crippen LogP contribution is 2.23. The average Bonchev–Trinajstić information content (AvgIpc) is 3.43. The van der Waals surface area contributed by atoms with Gasteiger partial charge in [0.15, 0.2) is 0 Å². The number of aromatic nitrogens is 1. The molecule has 0 unspecified atom stereocenters. The van der Waals surface area contributed by atoms with Crippen molar-refractivity contribution in [2.24, 2.45) is 0 Å². The Bertz CT molecular complexity index is 1080. The predicted molar refractivity (Wildman–Crippen MR) is 115 cm³/mol. The number of nitrogens with zero attached hydrogens (tertiary/aromatic N) is 2. The molecule has 1 saturated heterocycles. The average molecular weight is 403 g/mol. The SMILES string of the molecule is C[C@H](NC(=O)C(=O)c1cn(CC(=O)N2CCCC2)c2ccccc12)c1ccccc1. The summed E-state index contributed by atoms with van der Waals surface area (Å²) >= 11 is 0. The van der Waals surface area contributed by atoms with Gasteiger partial charge in [-0.3, -0.25) is 14.4 Å². The van der Waals surface area contributed by atoms with Crippen LogP contribution in [0.4, 0.5) is 0 Å². The van der Waals surface area contributed by atoms with E-state index in [0.29, 0.717) is 10.9 Å². The summed E-state index contributed by atoms with van der Waals surface area (Å²) in [5, 5.41) is 3.46. The molecule has 6 nitrogen and oxygen atoms in total. The number of likely N-dealkylation sites (tertiary alicyclic amines) is 1. The lowest BCUT2D eigenvalue weighted by Crippen LogP contribution is -2.33. The Morgan fingerprint density at radius 3 is 2.37 bits per heavy atom. The van der Waals surface area contributed by atoms with Crippen molar-refractivity contribution in [2.75, 3.05) is 13.1 Å². The van der Waals surface area contributed by atoms with Gasteiger partial charge in [-0.05, 0) is 31.4 Å². The topological polar surface area (TPSA) is 71.4 Å². The van der Waals surface area contributed by atoms with Gasteiger partial charge in [0.2, 0.25) is 5.91 Å². The fraction of sp³-hybridized carbons (Fsp3) is 0.292. The van der Waals surface area contributed by atoms with Crippen LogP contribution in [0.1, 0.15) is 41.7 Å². The van der Waals surface area contributed by atoms with E-state index in [2.05, 4.69) is 5.32 Å². The zero-order valence-corrected chi connectivity index (χ0v) is 17.0. The van der Waals surface area contributed by atoms with Crippen molar-refractivity contribution in [3.05, 3.63) is 71.9 Å². The highest BCUT2D eigenvalue weighted by molar-refractivity contribution is 6.45. The molecule has 0 bridgehead atoms. The first-order valence-electron chi connectivity index (χ1n) is 10.3. The third-order valence-corrected chi connectivity index (χ3v) is 5.65. The monoisotopic (exact) mass is 403 g/mol. The highest BCUT2D eigenvalue weighted by Gasteiger charge is 2.25. The summed E-state index contributed by atoms with van der Waals surface area (Å²) in [4.78, 5) is 40.1. The largest absolute Gasteiger partial charge is 0.343 e. The lowest BCUT2D eigenvalue weighted by molar-refractivity contribution is -0.130. The lowest BCUT2D eigenvalue weighted by atomic mass is 10.1. The molecule has 2 heterocycles. The Labute approximate surface area is 175 Å². The summed E-state index contributed by atoms with van der Waals surface area (Å²) in [7, 11) is 0. The third kappa shape index (κ3) is 3.99. The Kier molecular flexibility index (Phi) is 5.65. The summed E-state index contributed by atoms with van der Waals surface area (Å²) in [5.41, 5.74) is 2.02. The maximum atomic E-state index is 13.0. The van der Waals surface area contributed by atoms with Crippen LogP contribution in [0.15, 0.2) is 60.8 Å². The molecule has 3 aromatic rings. The smallest absolute Gasteiger partial charge is 0.292 e. The lowest BCUT2D eigenvalue weighted by Gasteiger charge is -2.16. The number of carbonyl (C=O) groups excluding carboxylic acids is 3. The van der Waals surface area contributed by atoms with Gasteiger partial charge in [0.1, 0.15) is 6.54 Å². The Morgan fingerprint density at radius 2 is 1.63 bits per heavy atom. The molecular weight excluding hydrogens is 378 g/mol. The standard InChI is InChI=1S/C24H25N3O3/c1-17(18-9-3-2-4-10-18)25-24(30)23(29)20-15-27(21-12-6-5-11-19(20)21)16-22(28)26-13-7-8-14-26/h2-6,9-12,15,17H,7-8,13-14,16H2,1H3,(H,25,30)/t17-/m0/s1. The minimum atomic E-state index is -0.653. The number of Topliss-reactive ketones (excluding diaryl/α,β-unsaturated/α-hetero) is 1. The molecule has 2 amide bonds. The summed E-state index contributed by atoms with van der Waals surface area (Å²) < 4.78 is 1.77. The van der Waals surface area contributed by atoms with Crippen LogP contribution in [-0.4, -0.2) is 40.2 Å². The first kappa shape index (κ1) is 19.9. The van der Waals surface area contributed by atoms with Crippen LogP contribution in [-0.2, 0) is 16.1 Å².